The fourth-order valence-corrected chi connectivity index (χ4v) is 16.8. The van der Waals surface area contributed by atoms with Crippen molar-refractivity contribution in [2.75, 3.05) is 32.9 Å². The summed E-state index contributed by atoms with van der Waals surface area (Å²) in [6.45, 7) is 9.94. The minimum atomic E-state index is -0.842. The van der Waals surface area contributed by atoms with Gasteiger partial charge < -0.3 is 19.1 Å². The van der Waals surface area contributed by atoms with Crippen LogP contribution in [0.2, 0.25) is 0 Å². The molecule has 5 aromatic carbocycles. The summed E-state index contributed by atoms with van der Waals surface area (Å²) in [5.74, 6) is 2.00. The molecule has 390 valence electrons. The third-order valence-corrected chi connectivity index (χ3v) is 20.4. The van der Waals surface area contributed by atoms with E-state index in [0.29, 0.717) is 55.7 Å². The fourth-order valence-electron chi connectivity index (χ4n) is 10.3. The molecule has 1 aliphatic rings. The molecule has 0 unspecified atom stereocenters. The second-order valence-electron chi connectivity index (χ2n) is 20.2. The first-order valence-electron chi connectivity index (χ1n) is 28.8. The van der Waals surface area contributed by atoms with Gasteiger partial charge in [0.25, 0.3) is 5.91 Å². The van der Waals surface area contributed by atoms with E-state index < -0.39 is 15.8 Å². The van der Waals surface area contributed by atoms with Crippen LogP contribution < -0.4 is 35.4 Å². The lowest BCUT2D eigenvalue weighted by atomic mass is 10.1. The van der Waals surface area contributed by atoms with Gasteiger partial charge in [0.1, 0.15) is 0 Å². The number of unbranched alkanes of at least 4 members (excludes halogenated alkanes) is 21. The largest absolute Gasteiger partial charge is 0.490 e. The van der Waals surface area contributed by atoms with E-state index in [2.05, 4.69) is 147 Å². The first kappa shape index (κ1) is 57.1. The average molecular weight is 1010 g/mol. The maximum absolute atomic E-state index is 15.6. The summed E-state index contributed by atoms with van der Waals surface area (Å²) in [5.41, 5.74) is 1.05. The van der Waals surface area contributed by atoms with Gasteiger partial charge in [-0.3, -0.25) is 4.79 Å². The molecular weight excluding hydrogens is 921 g/mol. The smallest absolute Gasteiger partial charge is 0.254 e. The van der Waals surface area contributed by atoms with Crippen molar-refractivity contribution in [1.82, 2.24) is 4.90 Å². The lowest BCUT2D eigenvalue weighted by Crippen LogP contribution is -2.34. The quantitative estimate of drug-likeness (QED) is 0.0294. The average Bonchev–Trinajstić information content (AvgIpc) is 3.84. The van der Waals surface area contributed by atoms with Crippen LogP contribution in [-0.4, -0.2) is 55.0 Å². The van der Waals surface area contributed by atoms with E-state index in [0.717, 1.165) is 38.5 Å². The Morgan fingerprint density at radius 2 is 0.681 bits per heavy atom. The number of hydrogen-bond donors (Lipinski definition) is 0. The highest BCUT2D eigenvalue weighted by Crippen LogP contribution is 2.55. The van der Waals surface area contributed by atoms with E-state index in [1.165, 1.54) is 137 Å². The molecule has 7 heteroatoms. The van der Waals surface area contributed by atoms with Gasteiger partial charge in [-0.05, 0) is 68.5 Å². The Balaban J connectivity index is 1.32. The lowest BCUT2D eigenvalue weighted by Gasteiger charge is -2.34. The Morgan fingerprint density at radius 1 is 0.403 bits per heavy atom. The summed E-state index contributed by atoms with van der Waals surface area (Å²) in [6, 6.07) is 48.4. The van der Waals surface area contributed by atoms with Gasteiger partial charge >= 0.3 is 0 Å². The molecule has 0 N–H and O–H groups in total. The zero-order chi connectivity index (χ0) is 50.3. The predicted octanol–water partition coefficient (Wildman–Crippen LogP) is 16.7. The Morgan fingerprint density at radius 3 is 0.986 bits per heavy atom. The Hall–Kier alpha value is -4.17. The van der Waals surface area contributed by atoms with E-state index in [1.807, 2.05) is 12.1 Å². The maximum Gasteiger partial charge on any atom is 0.254 e. The molecule has 1 amide bonds. The summed E-state index contributed by atoms with van der Waals surface area (Å²) in [4.78, 5) is 17.8. The number of amides is 1. The third kappa shape index (κ3) is 19.0. The molecule has 1 heterocycles. The molecule has 0 aromatic heterocycles. The first-order valence-corrected chi connectivity index (χ1v) is 31.6. The van der Waals surface area contributed by atoms with E-state index in [4.69, 9.17) is 14.2 Å². The molecule has 72 heavy (non-hydrogen) atoms. The zero-order valence-corrected chi connectivity index (χ0v) is 46.6. The van der Waals surface area contributed by atoms with Gasteiger partial charge in [-0.2, -0.15) is 0 Å². The van der Waals surface area contributed by atoms with Crippen LogP contribution in [0, 0.1) is 0 Å². The molecule has 5 aromatic rings. The Kier molecular flexibility index (Phi) is 27.2. The van der Waals surface area contributed by atoms with Crippen molar-refractivity contribution in [3.63, 3.8) is 0 Å². The molecular formula is C65H91NO4P2. The molecule has 5 nitrogen and oxygen atoms in total. The van der Waals surface area contributed by atoms with Crippen LogP contribution >= 0.6 is 15.8 Å². The monoisotopic (exact) mass is 1010 g/mol. The minimum absolute atomic E-state index is 0.0399. The normalized spacial score (nSPS) is 14.6. The molecule has 1 saturated heterocycles. The Bertz CT molecular complexity index is 1960. The lowest BCUT2D eigenvalue weighted by molar-refractivity contribution is 0.0792. The van der Waals surface area contributed by atoms with Crippen molar-refractivity contribution in [3.8, 4) is 17.2 Å². The van der Waals surface area contributed by atoms with Crippen LogP contribution in [0.15, 0.2) is 133 Å². The second kappa shape index (κ2) is 34.3. The summed E-state index contributed by atoms with van der Waals surface area (Å²) >= 11 is 0. The van der Waals surface area contributed by atoms with E-state index >= 15 is 4.79 Å². The number of nitrogens with zero attached hydrogens (tertiary/aromatic N) is 1. The summed E-state index contributed by atoms with van der Waals surface area (Å²) < 4.78 is 20.3. The van der Waals surface area contributed by atoms with Gasteiger partial charge in [0.15, 0.2) is 11.5 Å². The number of likely N-dealkylation sites (tertiary alicyclic amines) is 1. The fraction of sp³-hybridized carbons (Fsp3) is 0.523. The van der Waals surface area contributed by atoms with Crippen molar-refractivity contribution >= 4 is 43.0 Å². The van der Waals surface area contributed by atoms with Crippen molar-refractivity contribution in [2.24, 2.45) is 0 Å². The second-order valence-corrected chi connectivity index (χ2v) is 25.1. The van der Waals surface area contributed by atoms with Gasteiger partial charge in [0.05, 0.1) is 19.8 Å². The van der Waals surface area contributed by atoms with Crippen molar-refractivity contribution in [1.29, 1.82) is 0 Å². The first-order chi connectivity index (χ1) is 35.6. The van der Waals surface area contributed by atoms with Crippen LogP contribution in [0.5, 0.6) is 17.2 Å². The predicted molar refractivity (Wildman–Crippen MR) is 312 cm³/mol. The van der Waals surface area contributed by atoms with Gasteiger partial charge in [-0.25, -0.2) is 0 Å². The third-order valence-electron chi connectivity index (χ3n) is 14.4. The number of ether oxygens (including phenoxy) is 3. The highest BCUT2D eigenvalue weighted by molar-refractivity contribution is 7.77. The molecule has 0 bridgehead atoms. The van der Waals surface area contributed by atoms with Crippen LogP contribution in [0.1, 0.15) is 185 Å². The standard InChI is InChI=1S/C65H91NO4P2/c1-4-7-10-13-16-19-22-37-48-68-60-51-55(52-61(69-49-38-23-20-17-14-11-8-5-2)64(60)70-50-39-24-21-18-15-12-9-6-3)65(67)66-53-62(71(56-40-29-25-30-41-56)57-42-31-26-32-43-57)63(54-66)72(58-44-33-27-34-45-58)59-46-35-28-36-47-59/h25-36,40-47,51-52,62-63H,4-24,37-39,48-50,53-54H2,1-3H3/t62-,63-/m1/s1. The van der Waals surface area contributed by atoms with E-state index in [-0.39, 0.29) is 17.2 Å². The Labute approximate surface area is 440 Å². The molecule has 6 rings (SSSR count). The van der Waals surface area contributed by atoms with Gasteiger partial charge in [0.2, 0.25) is 5.75 Å². The molecule has 1 aliphatic heterocycles. The van der Waals surface area contributed by atoms with Crippen molar-refractivity contribution < 1.29 is 19.0 Å². The van der Waals surface area contributed by atoms with Gasteiger partial charge in [-0.1, -0.05) is 277 Å². The number of hydrogen-bond acceptors (Lipinski definition) is 4. The number of rotatable bonds is 37. The summed E-state index contributed by atoms with van der Waals surface area (Å²) in [5, 5.41) is 5.41. The molecule has 1 fully saturated rings. The minimum Gasteiger partial charge on any atom is -0.490 e. The van der Waals surface area contributed by atoms with Gasteiger partial charge in [0, 0.05) is 30.0 Å². The molecule has 0 spiro atoms. The van der Waals surface area contributed by atoms with Crippen molar-refractivity contribution in [3.05, 3.63) is 139 Å². The molecule has 0 radical (unpaired) electrons. The highest BCUT2D eigenvalue weighted by atomic mass is 31.1. The van der Waals surface area contributed by atoms with E-state index in [1.54, 1.807) is 0 Å². The SMILES string of the molecule is CCCCCCCCCCOc1cc(C(=O)N2C[C@@H](P(c3ccccc3)c3ccccc3)[C@H](P(c3ccccc3)c3ccccc3)C2)cc(OCCCCCCCCCC)c1OCCCCCCCCCC. The topological polar surface area (TPSA) is 48.0 Å². The molecule has 2 atom stereocenters. The highest BCUT2D eigenvalue weighted by Gasteiger charge is 2.45. The molecule has 0 saturated carbocycles. The number of carbonyl (C=O) groups is 1. The summed E-state index contributed by atoms with van der Waals surface area (Å²) in [7, 11) is -1.68. The molecule has 0 aliphatic carbocycles. The number of benzene rings is 5. The van der Waals surface area contributed by atoms with Crippen LogP contribution in [0.25, 0.3) is 0 Å². The maximum atomic E-state index is 15.6. The van der Waals surface area contributed by atoms with Crippen LogP contribution in [0.3, 0.4) is 0 Å². The van der Waals surface area contributed by atoms with Crippen LogP contribution in [-0.2, 0) is 0 Å². The van der Waals surface area contributed by atoms with Gasteiger partial charge in [-0.15, -0.1) is 0 Å². The van der Waals surface area contributed by atoms with Crippen molar-refractivity contribution in [2.45, 2.75) is 186 Å². The van der Waals surface area contributed by atoms with E-state index in [9.17, 15) is 0 Å². The number of carbonyl (C=O) groups excluding carboxylic acids is 1. The summed E-state index contributed by atoms with van der Waals surface area (Å²) in [6.07, 6.45) is 29.6. The zero-order valence-electron chi connectivity index (χ0n) is 44.8. The van der Waals surface area contributed by atoms with Crippen LogP contribution in [0.4, 0.5) is 0 Å².